The number of allylic oxidation sites excluding steroid dienone is 1. The van der Waals surface area contributed by atoms with E-state index < -0.39 is 0 Å². The van der Waals surface area contributed by atoms with Crippen molar-refractivity contribution in [1.82, 2.24) is 4.90 Å². The summed E-state index contributed by atoms with van der Waals surface area (Å²) in [6.45, 7) is 12.4. The summed E-state index contributed by atoms with van der Waals surface area (Å²) < 4.78 is 0. The molecule has 0 bridgehead atoms. The van der Waals surface area contributed by atoms with Crippen LogP contribution < -0.4 is 0 Å². The lowest BCUT2D eigenvalue weighted by atomic mass is 10.0. The second-order valence-corrected chi connectivity index (χ2v) is 7.22. The van der Waals surface area contributed by atoms with Gasteiger partial charge in [-0.05, 0) is 25.2 Å². The maximum Gasteiger partial charge on any atom is 0.0171 e. The zero-order chi connectivity index (χ0) is 16.6. The standard InChI is InChI=1S/C21H43N/c1-6-8-9-10-11-12-13-14-15-16-19-22(5)21(4)18-17-20(3)7-2/h20H,4,6-19H2,1-3,5H3/t20-/m0/s1. The van der Waals surface area contributed by atoms with Gasteiger partial charge in [0.1, 0.15) is 0 Å². The Labute approximate surface area is 141 Å². The van der Waals surface area contributed by atoms with Crippen LogP contribution in [0.4, 0.5) is 0 Å². The number of hydrogen-bond donors (Lipinski definition) is 0. The maximum absolute atomic E-state index is 4.25. The van der Waals surface area contributed by atoms with Gasteiger partial charge in [-0.3, -0.25) is 0 Å². The first-order valence-electron chi connectivity index (χ1n) is 10.0. The number of nitrogens with zero attached hydrogens (tertiary/aromatic N) is 1. The first-order valence-corrected chi connectivity index (χ1v) is 10.0. The Morgan fingerprint density at radius 3 is 1.86 bits per heavy atom. The minimum absolute atomic E-state index is 0.836. The third kappa shape index (κ3) is 13.2. The predicted octanol–water partition coefficient (Wildman–Crippen LogP) is 7.18. The molecule has 0 saturated carbocycles. The van der Waals surface area contributed by atoms with Crippen molar-refractivity contribution in [2.24, 2.45) is 5.92 Å². The third-order valence-corrected chi connectivity index (χ3v) is 5.01. The molecule has 132 valence electrons. The van der Waals surface area contributed by atoms with Gasteiger partial charge in [-0.15, -0.1) is 0 Å². The predicted molar refractivity (Wildman–Crippen MR) is 102 cm³/mol. The van der Waals surface area contributed by atoms with E-state index in [1.54, 1.807) is 0 Å². The zero-order valence-corrected chi connectivity index (χ0v) is 16.1. The largest absolute Gasteiger partial charge is 0.378 e. The fraction of sp³-hybridized carbons (Fsp3) is 0.905. The molecule has 0 aromatic rings. The van der Waals surface area contributed by atoms with Crippen molar-refractivity contribution in [2.75, 3.05) is 13.6 Å². The summed E-state index contributed by atoms with van der Waals surface area (Å²) in [5.74, 6) is 0.836. The topological polar surface area (TPSA) is 3.24 Å². The van der Waals surface area contributed by atoms with E-state index >= 15 is 0 Å². The van der Waals surface area contributed by atoms with Crippen molar-refractivity contribution in [3.05, 3.63) is 12.3 Å². The minimum atomic E-state index is 0.836. The highest BCUT2D eigenvalue weighted by molar-refractivity contribution is 4.92. The average molecular weight is 310 g/mol. The van der Waals surface area contributed by atoms with E-state index in [2.05, 4.69) is 39.3 Å². The van der Waals surface area contributed by atoms with E-state index in [0.29, 0.717) is 0 Å². The van der Waals surface area contributed by atoms with Crippen LogP contribution in [-0.4, -0.2) is 18.5 Å². The van der Waals surface area contributed by atoms with E-state index in [4.69, 9.17) is 0 Å². The molecule has 0 radical (unpaired) electrons. The van der Waals surface area contributed by atoms with E-state index in [9.17, 15) is 0 Å². The molecule has 0 unspecified atom stereocenters. The van der Waals surface area contributed by atoms with Crippen molar-refractivity contribution in [2.45, 2.75) is 104 Å². The van der Waals surface area contributed by atoms with Crippen LogP contribution in [0, 0.1) is 5.92 Å². The summed E-state index contributed by atoms with van der Waals surface area (Å²) in [7, 11) is 2.21. The first-order chi connectivity index (χ1) is 10.6. The fourth-order valence-electron chi connectivity index (χ4n) is 2.80. The minimum Gasteiger partial charge on any atom is -0.378 e. The highest BCUT2D eigenvalue weighted by Crippen LogP contribution is 2.16. The van der Waals surface area contributed by atoms with Crippen molar-refractivity contribution in [3.8, 4) is 0 Å². The second kappa shape index (κ2) is 15.4. The molecule has 0 aliphatic heterocycles. The van der Waals surface area contributed by atoms with Crippen LogP contribution in [0.25, 0.3) is 0 Å². The van der Waals surface area contributed by atoms with Crippen molar-refractivity contribution in [1.29, 1.82) is 0 Å². The number of unbranched alkanes of at least 4 members (excludes halogenated alkanes) is 9. The van der Waals surface area contributed by atoms with Gasteiger partial charge in [-0.25, -0.2) is 0 Å². The lowest BCUT2D eigenvalue weighted by molar-refractivity contribution is 0.370. The van der Waals surface area contributed by atoms with Crippen LogP contribution >= 0.6 is 0 Å². The monoisotopic (exact) mass is 309 g/mol. The van der Waals surface area contributed by atoms with E-state index in [0.717, 1.165) is 5.92 Å². The van der Waals surface area contributed by atoms with Crippen molar-refractivity contribution in [3.63, 3.8) is 0 Å². The van der Waals surface area contributed by atoms with Gasteiger partial charge < -0.3 is 4.90 Å². The molecule has 0 rings (SSSR count). The molecule has 0 heterocycles. The average Bonchev–Trinajstić information content (AvgIpc) is 2.53. The van der Waals surface area contributed by atoms with Gasteiger partial charge in [0.2, 0.25) is 0 Å². The van der Waals surface area contributed by atoms with Crippen LogP contribution in [0.1, 0.15) is 104 Å². The molecular weight excluding hydrogens is 266 g/mol. The molecule has 0 saturated heterocycles. The number of rotatable bonds is 16. The SMILES string of the molecule is C=C(CC[C@@H](C)CC)N(C)CCCCCCCCCCCC. The summed E-state index contributed by atoms with van der Waals surface area (Å²) in [5, 5.41) is 0. The Balaban J connectivity index is 3.37. The Morgan fingerprint density at radius 1 is 0.864 bits per heavy atom. The maximum atomic E-state index is 4.25. The van der Waals surface area contributed by atoms with Crippen LogP contribution in [-0.2, 0) is 0 Å². The van der Waals surface area contributed by atoms with Crippen molar-refractivity contribution < 1.29 is 0 Å². The van der Waals surface area contributed by atoms with Crippen LogP contribution in [0.2, 0.25) is 0 Å². The molecule has 0 aromatic heterocycles. The molecule has 0 N–H and O–H groups in total. The van der Waals surface area contributed by atoms with Gasteiger partial charge in [0, 0.05) is 19.3 Å². The summed E-state index contributed by atoms with van der Waals surface area (Å²) in [6.07, 6.45) is 17.9. The Hall–Kier alpha value is -0.460. The Kier molecular flexibility index (Phi) is 15.1. The van der Waals surface area contributed by atoms with E-state index in [1.807, 2.05) is 0 Å². The van der Waals surface area contributed by atoms with E-state index in [1.165, 1.54) is 95.7 Å². The van der Waals surface area contributed by atoms with Crippen LogP contribution in [0.3, 0.4) is 0 Å². The van der Waals surface area contributed by atoms with Gasteiger partial charge in [-0.2, -0.15) is 0 Å². The zero-order valence-electron chi connectivity index (χ0n) is 16.1. The first kappa shape index (κ1) is 21.5. The van der Waals surface area contributed by atoms with Gasteiger partial charge in [0.15, 0.2) is 0 Å². The molecule has 0 fully saturated rings. The smallest absolute Gasteiger partial charge is 0.0171 e. The van der Waals surface area contributed by atoms with Crippen molar-refractivity contribution >= 4 is 0 Å². The highest BCUT2D eigenvalue weighted by Gasteiger charge is 2.05. The molecule has 0 aliphatic rings. The molecule has 0 aliphatic carbocycles. The molecular formula is C21H43N. The molecule has 0 amide bonds. The second-order valence-electron chi connectivity index (χ2n) is 7.22. The molecule has 0 aromatic carbocycles. The van der Waals surface area contributed by atoms with Gasteiger partial charge in [0.25, 0.3) is 0 Å². The fourth-order valence-corrected chi connectivity index (χ4v) is 2.80. The lowest BCUT2D eigenvalue weighted by Gasteiger charge is -2.22. The summed E-state index contributed by atoms with van der Waals surface area (Å²) in [6, 6.07) is 0. The molecule has 1 nitrogen and oxygen atoms in total. The number of hydrogen-bond acceptors (Lipinski definition) is 1. The third-order valence-electron chi connectivity index (χ3n) is 5.01. The van der Waals surface area contributed by atoms with Gasteiger partial charge in [0.05, 0.1) is 0 Å². The lowest BCUT2D eigenvalue weighted by Crippen LogP contribution is -2.18. The molecule has 1 atom stereocenters. The summed E-state index contributed by atoms with van der Waals surface area (Å²) >= 11 is 0. The van der Waals surface area contributed by atoms with Gasteiger partial charge in [-0.1, -0.05) is 91.6 Å². The van der Waals surface area contributed by atoms with E-state index in [-0.39, 0.29) is 0 Å². The molecule has 1 heteroatoms. The van der Waals surface area contributed by atoms with Crippen LogP contribution in [0.15, 0.2) is 12.3 Å². The quantitative estimate of drug-likeness (QED) is 0.273. The molecule has 22 heavy (non-hydrogen) atoms. The highest BCUT2D eigenvalue weighted by atomic mass is 15.1. The summed E-state index contributed by atoms with van der Waals surface area (Å²) in [4.78, 5) is 2.38. The Bertz CT molecular complexity index is 246. The van der Waals surface area contributed by atoms with Crippen LogP contribution in [0.5, 0.6) is 0 Å². The summed E-state index contributed by atoms with van der Waals surface area (Å²) in [5.41, 5.74) is 1.33. The molecule has 0 spiro atoms. The Morgan fingerprint density at radius 2 is 1.36 bits per heavy atom. The van der Waals surface area contributed by atoms with Gasteiger partial charge >= 0.3 is 0 Å². The normalized spacial score (nSPS) is 12.4.